The van der Waals surface area contributed by atoms with Gasteiger partial charge in [-0.05, 0) is 40.3 Å². The molecule has 2 heteroatoms. The molecule has 0 atom stereocenters. The van der Waals surface area contributed by atoms with Crippen molar-refractivity contribution in [3.8, 4) is 0 Å². The maximum atomic E-state index is 5.38. The first-order valence-corrected chi connectivity index (χ1v) is 5.99. The molecule has 1 nitrogen and oxygen atoms in total. The van der Waals surface area contributed by atoms with Gasteiger partial charge in [-0.1, -0.05) is 42.5 Å². The predicted octanol–water partition coefficient (Wildman–Crippen LogP) is 3.67. The van der Waals surface area contributed by atoms with E-state index in [2.05, 4.69) is 71.2 Å². The van der Waals surface area contributed by atoms with Crippen molar-refractivity contribution in [2.75, 3.05) is 7.11 Å². The topological polar surface area (TPSA) is 9.23 Å². The summed E-state index contributed by atoms with van der Waals surface area (Å²) in [7, 11) is 1.73. The van der Waals surface area contributed by atoms with E-state index in [0.29, 0.717) is 5.92 Å². The first-order valence-electron chi connectivity index (χ1n) is 4.91. The fourth-order valence-electron chi connectivity index (χ4n) is 1.62. The van der Waals surface area contributed by atoms with Gasteiger partial charge in [0.05, 0.1) is 0 Å². The zero-order valence-electron chi connectivity index (χ0n) is 8.56. The molecule has 0 spiro atoms. The molecule has 0 amide bonds. The normalized spacial score (nSPS) is 29.3. The van der Waals surface area contributed by atoms with E-state index in [9.17, 15) is 0 Å². The number of benzene rings is 1. The van der Waals surface area contributed by atoms with Crippen LogP contribution in [0.5, 0.6) is 0 Å². The number of methoxy groups -OCH3 is 1. The van der Waals surface area contributed by atoms with Crippen LogP contribution in [0.1, 0.15) is 11.5 Å². The minimum Gasteiger partial charge on any atom is -0.360 e. The van der Waals surface area contributed by atoms with Crippen molar-refractivity contribution in [1.82, 2.24) is 0 Å². The van der Waals surface area contributed by atoms with Gasteiger partial charge in [0.1, 0.15) is 0 Å². The quantitative estimate of drug-likeness (QED) is 0.460. The fourth-order valence-corrected chi connectivity index (χ4v) is 2.04. The van der Waals surface area contributed by atoms with Gasteiger partial charge in [-0.2, -0.15) is 0 Å². The molecule has 15 heavy (non-hydrogen) atoms. The van der Waals surface area contributed by atoms with Crippen molar-refractivity contribution in [2.45, 2.75) is 9.53 Å². The third-order valence-electron chi connectivity index (χ3n) is 2.56. The van der Waals surface area contributed by atoms with Crippen LogP contribution in [0.15, 0.2) is 54.6 Å². The molecule has 0 fully saturated rings. The van der Waals surface area contributed by atoms with Crippen molar-refractivity contribution in [3.63, 3.8) is 0 Å². The molecule has 0 saturated carbocycles. The fraction of sp³-hybridized carbons (Fsp3) is 0.231. The van der Waals surface area contributed by atoms with Gasteiger partial charge >= 0.3 is 0 Å². The van der Waals surface area contributed by atoms with Crippen LogP contribution < -0.4 is 0 Å². The van der Waals surface area contributed by atoms with Gasteiger partial charge in [0.15, 0.2) is 3.61 Å². The summed E-state index contributed by atoms with van der Waals surface area (Å²) in [6, 6.07) is 10.5. The van der Waals surface area contributed by atoms with Crippen LogP contribution >= 0.6 is 22.6 Å². The Balaban J connectivity index is 2.18. The third kappa shape index (κ3) is 2.49. The Morgan fingerprint density at radius 2 is 1.73 bits per heavy atom. The lowest BCUT2D eigenvalue weighted by atomic mass is 9.94. The van der Waals surface area contributed by atoms with Gasteiger partial charge in [0.2, 0.25) is 0 Å². The summed E-state index contributed by atoms with van der Waals surface area (Å²) in [5.41, 5.74) is 1.32. The Morgan fingerprint density at radius 1 is 1.13 bits per heavy atom. The van der Waals surface area contributed by atoms with Gasteiger partial charge in [0, 0.05) is 13.0 Å². The van der Waals surface area contributed by atoms with Gasteiger partial charge in [-0.3, -0.25) is 0 Å². The van der Waals surface area contributed by atoms with Crippen LogP contribution in [0.4, 0.5) is 0 Å². The Labute approximate surface area is 104 Å². The SMILES string of the molecule is COC1(I)C=CC(c2ccccc2)C=C1. The Morgan fingerprint density at radius 3 is 2.27 bits per heavy atom. The molecule has 0 heterocycles. The Kier molecular flexibility index (Phi) is 3.26. The molecule has 78 valence electrons. The first kappa shape index (κ1) is 10.9. The van der Waals surface area contributed by atoms with Crippen molar-refractivity contribution in [2.24, 2.45) is 0 Å². The van der Waals surface area contributed by atoms with E-state index in [0.717, 1.165) is 0 Å². The minimum absolute atomic E-state index is 0.261. The maximum Gasteiger partial charge on any atom is 0.155 e. The van der Waals surface area contributed by atoms with E-state index in [1.165, 1.54) is 5.56 Å². The second-order valence-electron chi connectivity index (χ2n) is 3.56. The predicted molar refractivity (Wildman–Crippen MR) is 71.2 cm³/mol. The second kappa shape index (κ2) is 4.49. The lowest BCUT2D eigenvalue weighted by Crippen LogP contribution is -2.19. The highest BCUT2D eigenvalue weighted by molar-refractivity contribution is 14.1. The second-order valence-corrected chi connectivity index (χ2v) is 5.24. The largest absolute Gasteiger partial charge is 0.360 e. The van der Waals surface area contributed by atoms with Crippen molar-refractivity contribution >= 4 is 22.6 Å². The number of allylic oxidation sites excluding steroid dienone is 2. The molecule has 2 rings (SSSR count). The molecule has 0 aromatic heterocycles. The standard InChI is InChI=1S/C13H13IO/c1-15-13(14)9-7-12(8-10-13)11-5-3-2-4-6-11/h2-10,12H,1H3. The Hall–Kier alpha value is -0.610. The first-order chi connectivity index (χ1) is 7.23. The van der Waals surface area contributed by atoms with E-state index in [1.807, 2.05) is 6.07 Å². The number of ether oxygens (including phenoxy) is 1. The lowest BCUT2D eigenvalue weighted by Gasteiger charge is -2.23. The van der Waals surface area contributed by atoms with Crippen LogP contribution in [0, 0.1) is 0 Å². The van der Waals surface area contributed by atoms with Gasteiger partial charge < -0.3 is 4.74 Å². The molecule has 1 aliphatic carbocycles. The van der Waals surface area contributed by atoms with E-state index in [1.54, 1.807) is 7.11 Å². The number of hydrogen-bond donors (Lipinski definition) is 0. The summed E-state index contributed by atoms with van der Waals surface area (Å²) in [5, 5.41) is 0. The zero-order chi connectivity index (χ0) is 10.7. The molecule has 0 N–H and O–H groups in total. The lowest BCUT2D eigenvalue weighted by molar-refractivity contribution is 0.162. The highest BCUT2D eigenvalue weighted by Gasteiger charge is 2.22. The molecule has 0 bridgehead atoms. The van der Waals surface area contributed by atoms with Crippen LogP contribution in [-0.2, 0) is 4.74 Å². The van der Waals surface area contributed by atoms with E-state index in [-0.39, 0.29) is 3.61 Å². The highest BCUT2D eigenvalue weighted by atomic mass is 127. The molecule has 1 aromatic rings. The third-order valence-corrected chi connectivity index (χ3v) is 3.72. The number of alkyl halides is 1. The van der Waals surface area contributed by atoms with E-state index in [4.69, 9.17) is 4.74 Å². The van der Waals surface area contributed by atoms with Gasteiger partial charge in [0.25, 0.3) is 0 Å². The molecule has 0 aliphatic heterocycles. The van der Waals surface area contributed by atoms with Crippen molar-refractivity contribution in [3.05, 3.63) is 60.2 Å². The monoisotopic (exact) mass is 312 g/mol. The highest BCUT2D eigenvalue weighted by Crippen LogP contribution is 2.32. The average molecular weight is 312 g/mol. The zero-order valence-corrected chi connectivity index (χ0v) is 10.7. The van der Waals surface area contributed by atoms with Gasteiger partial charge in [-0.15, -0.1) is 0 Å². The molecule has 1 aliphatic rings. The summed E-state index contributed by atoms with van der Waals surface area (Å²) >= 11 is 2.29. The summed E-state index contributed by atoms with van der Waals surface area (Å²) in [4.78, 5) is 0. The maximum absolute atomic E-state index is 5.38. The van der Waals surface area contributed by atoms with Crippen LogP contribution in [-0.4, -0.2) is 10.7 Å². The van der Waals surface area contributed by atoms with Crippen molar-refractivity contribution in [1.29, 1.82) is 0 Å². The smallest absolute Gasteiger partial charge is 0.155 e. The Bertz CT molecular complexity index is 367. The molecule has 0 radical (unpaired) electrons. The van der Waals surface area contributed by atoms with Crippen LogP contribution in [0.25, 0.3) is 0 Å². The molecule has 0 unspecified atom stereocenters. The summed E-state index contributed by atoms with van der Waals surface area (Å²) < 4.78 is 5.12. The van der Waals surface area contributed by atoms with Crippen LogP contribution in [0.2, 0.25) is 0 Å². The number of rotatable bonds is 2. The summed E-state index contributed by atoms with van der Waals surface area (Å²) in [6.45, 7) is 0. The van der Waals surface area contributed by atoms with Crippen LogP contribution in [0.3, 0.4) is 0 Å². The van der Waals surface area contributed by atoms with Gasteiger partial charge in [-0.25, -0.2) is 0 Å². The molecular weight excluding hydrogens is 299 g/mol. The van der Waals surface area contributed by atoms with E-state index < -0.39 is 0 Å². The minimum atomic E-state index is -0.261. The molecule has 1 aromatic carbocycles. The summed E-state index contributed by atoms with van der Waals surface area (Å²) in [6.07, 6.45) is 8.58. The number of hydrogen-bond acceptors (Lipinski definition) is 1. The number of halogens is 1. The summed E-state index contributed by atoms with van der Waals surface area (Å²) in [5.74, 6) is 0.379. The average Bonchev–Trinajstić information content (AvgIpc) is 2.31. The van der Waals surface area contributed by atoms with Crippen molar-refractivity contribution < 1.29 is 4.74 Å². The molecular formula is C13H13IO. The molecule has 0 saturated heterocycles. The van der Waals surface area contributed by atoms with E-state index >= 15 is 0 Å².